The van der Waals surface area contributed by atoms with Crippen molar-refractivity contribution in [3.05, 3.63) is 0 Å². The Bertz CT molecular complexity index is 374. The van der Waals surface area contributed by atoms with Gasteiger partial charge in [0.25, 0.3) is 0 Å². The van der Waals surface area contributed by atoms with Crippen LogP contribution < -0.4 is 0 Å². The monoisotopic (exact) mass is 468 g/mol. The lowest BCUT2D eigenvalue weighted by Gasteiger charge is -2.08. The van der Waals surface area contributed by atoms with Crippen molar-refractivity contribution in [1.82, 2.24) is 0 Å². The molecule has 0 aromatic heterocycles. The van der Waals surface area contributed by atoms with Crippen molar-refractivity contribution in [2.24, 2.45) is 0 Å². The van der Waals surface area contributed by atoms with Gasteiger partial charge in [-0.25, -0.2) is 4.39 Å². The highest BCUT2D eigenvalue weighted by Crippen LogP contribution is 2.07. The highest BCUT2D eigenvalue weighted by Gasteiger charge is 2.02. The Labute approximate surface area is 193 Å². The standard InChI is InChI=1S/C23H45FO8/c1-2-3-4-5-6-7-8-23(25)32-22-21-31-20-19-30-18-17-29-16-15-28-14-13-27-12-11-26-10-9-24/h2-22H2,1H3. The van der Waals surface area contributed by atoms with E-state index >= 15 is 0 Å². The SMILES string of the molecule is CCCCCCCCC(=O)OCCOCCOCCOCCOCCOCCOCCF. The second-order valence-electron chi connectivity index (χ2n) is 7.10. The zero-order valence-electron chi connectivity index (χ0n) is 20.0. The number of rotatable bonds is 27. The maximum atomic E-state index is 11.8. The van der Waals surface area contributed by atoms with Crippen molar-refractivity contribution < 1.29 is 42.3 Å². The number of halogens is 1. The average Bonchev–Trinajstić information content (AvgIpc) is 2.80. The van der Waals surface area contributed by atoms with Crippen molar-refractivity contribution >= 4 is 5.97 Å². The van der Waals surface area contributed by atoms with E-state index in [1.165, 1.54) is 25.7 Å². The van der Waals surface area contributed by atoms with Crippen molar-refractivity contribution in [3.8, 4) is 0 Å². The van der Waals surface area contributed by atoms with Crippen molar-refractivity contribution in [3.63, 3.8) is 0 Å². The molecule has 0 heterocycles. The van der Waals surface area contributed by atoms with E-state index in [1.54, 1.807) is 0 Å². The molecule has 0 aliphatic rings. The van der Waals surface area contributed by atoms with Gasteiger partial charge in [0, 0.05) is 6.42 Å². The lowest BCUT2D eigenvalue weighted by molar-refractivity contribution is -0.145. The van der Waals surface area contributed by atoms with Crippen LogP contribution in [0.25, 0.3) is 0 Å². The first-order chi connectivity index (χ1) is 15.8. The smallest absolute Gasteiger partial charge is 0.305 e. The van der Waals surface area contributed by atoms with Gasteiger partial charge in [-0.05, 0) is 6.42 Å². The molecule has 0 saturated carbocycles. The molecule has 0 aliphatic heterocycles. The first kappa shape index (κ1) is 31.2. The Morgan fingerprint density at radius 1 is 0.531 bits per heavy atom. The topological polar surface area (TPSA) is 81.7 Å². The van der Waals surface area contributed by atoms with Crippen LogP contribution in [-0.4, -0.2) is 98.5 Å². The summed E-state index contributed by atoms with van der Waals surface area (Å²) in [6.45, 7) is 7.17. The fraction of sp³-hybridized carbons (Fsp3) is 0.957. The Morgan fingerprint density at radius 3 is 1.34 bits per heavy atom. The van der Waals surface area contributed by atoms with Gasteiger partial charge >= 0.3 is 5.97 Å². The first-order valence-electron chi connectivity index (χ1n) is 12.0. The molecule has 0 atom stereocenters. The van der Waals surface area contributed by atoms with Crippen LogP contribution >= 0.6 is 0 Å². The summed E-state index contributed by atoms with van der Waals surface area (Å²) >= 11 is 0. The minimum Gasteiger partial charge on any atom is -0.463 e. The second-order valence-corrected chi connectivity index (χ2v) is 7.10. The summed E-state index contributed by atoms with van der Waals surface area (Å²) in [6, 6.07) is 0. The van der Waals surface area contributed by atoms with E-state index in [9.17, 15) is 9.18 Å². The van der Waals surface area contributed by atoms with Gasteiger partial charge in [0.15, 0.2) is 0 Å². The third-order valence-electron chi connectivity index (χ3n) is 4.31. The molecule has 8 nitrogen and oxygen atoms in total. The molecule has 0 N–H and O–H groups in total. The number of esters is 1. The molecule has 192 valence electrons. The van der Waals surface area contributed by atoms with E-state index in [0.29, 0.717) is 79.1 Å². The zero-order valence-corrected chi connectivity index (χ0v) is 20.0. The van der Waals surface area contributed by atoms with Gasteiger partial charge in [0.1, 0.15) is 13.3 Å². The van der Waals surface area contributed by atoms with Gasteiger partial charge in [0.2, 0.25) is 0 Å². The maximum Gasteiger partial charge on any atom is 0.305 e. The quantitative estimate of drug-likeness (QED) is 0.134. The summed E-state index contributed by atoms with van der Waals surface area (Å²) in [5, 5.41) is 0. The van der Waals surface area contributed by atoms with Crippen LogP contribution in [0, 0.1) is 0 Å². The third kappa shape index (κ3) is 27.2. The molecule has 9 heteroatoms. The molecule has 0 bridgehead atoms. The summed E-state index contributed by atoms with van der Waals surface area (Å²) in [5.41, 5.74) is 0. The van der Waals surface area contributed by atoms with Gasteiger partial charge in [-0.1, -0.05) is 39.0 Å². The van der Waals surface area contributed by atoms with Crippen LogP contribution in [0.15, 0.2) is 0 Å². The predicted molar refractivity (Wildman–Crippen MR) is 120 cm³/mol. The predicted octanol–water partition coefficient (Wildman–Crippen LogP) is 3.35. The van der Waals surface area contributed by atoms with E-state index in [0.717, 1.165) is 12.8 Å². The Morgan fingerprint density at radius 2 is 0.906 bits per heavy atom. The summed E-state index contributed by atoms with van der Waals surface area (Å²) in [5.74, 6) is -0.145. The largest absolute Gasteiger partial charge is 0.463 e. The molecule has 0 saturated heterocycles. The Balaban J connectivity index is 3.09. The molecular formula is C23H45FO8. The zero-order chi connectivity index (χ0) is 23.4. The minimum absolute atomic E-state index is 0.116. The van der Waals surface area contributed by atoms with E-state index in [2.05, 4.69) is 6.92 Å². The number of hydrogen-bond acceptors (Lipinski definition) is 8. The molecule has 0 spiro atoms. The van der Waals surface area contributed by atoms with Crippen LogP contribution in [0.5, 0.6) is 0 Å². The summed E-state index contributed by atoms with van der Waals surface area (Å²) in [6.07, 6.45) is 7.43. The lowest BCUT2D eigenvalue weighted by atomic mass is 10.1. The fourth-order valence-electron chi connectivity index (χ4n) is 2.59. The van der Waals surface area contributed by atoms with Gasteiger partial charge in [-0.15, -0.1) is 0 Å². The normalized spacial score (nSPS) is 11.2. The van der Waals surface area contributed by atoms with Gasteiger partial charge in [-0.2, -0.15) is 0 Å². The highest BCUT2D eigenvalue weighted by atomic mass is 19.1. The Kier molecular flexibility index (Phi) is 27.5. The first-order valence-corrected chi connectivity index (χ1v) is 12.0. The minimum atomic E-state index is -0.472. The van der Waals surface area contributed by atoms with E-state index in [4.69, 9.17) is 33.2 Å². The number of carbonyl (C=O) groups is 1. The number of alkyl halides is 1. The molecule has 0 aliphatic carbocycles. The number of unbranched alkanes of at least 4 members (excludes halogenated alkanes) is 5. The summed E-state index contributed by atoms with van der Waals surface area (Å²) in [7, 11) is 0. The summed E-state index contributed by atoms with van der Waals surface area (Å²) < 4.78 is 48.6. The van der Waals surface area contributed by atoms with Crippen LogP contribution in [-0.2, 0) is 38.0 Å². The lowest BCUT2D eigenvalue weighted by Crippen LogP contribution is -2.15. The fourth-order valence-corrected chi connectivity index (χ4v) is 2.59. The van der Waals surface area contributed by atoms with Crippen molar-refractivity contribution in [1.29, 1.82) is 0 Å². The maximum absolute atomic E-state index is 11.8. The molecule has 0 amide bonds. The van der Waals surface area contributed by atoms with E-state index < -0.39 is 6.67 Å². The van der Waals surface area contributed by atoms with E-state index in [-0.39, 0.29) is 19.2 Å². The number of ether oxygens (including phenoxy) is 7. The van der Waals surface area contributed by atoms with Crippen molar-refractivity contribution in [2.75, 3.05) is 92.6 Å². The molecule has 0 aromatic rings. The average molecular weight is 469 g/mol. The molecule has 0 fully saturated rings. The third-order valence-corrected chi connectivity index (χ3v) is 4.31. The molecule has 0 radical (unpaired) electrons. The van der Waals surface area contributed by atoms with Gasteiger partial charge < -0.3 is 33.2 Å². The van der Waals surface area contributed by atoms with Crippen LogP contribution in [0.4, 0.5) is 4.39 Å². The van der Waals surface area contributed by atoms with Gasteiger partial charge in [-0.3, -0.25) is 4.79 Å². The molecule has 0 unspecified atom stereocenters. The van der Waals surface area contributed by atoms with Crippen LogP contribution in [0.1, 0.15) is 51.9 Å². The Hall–Kier alpha value is -0.840. The molecule has 0 aromatic carbocycles. The molecule has 32 heavy (non-hydrogen) atoms. The highest BCUT2D eigenvalue weighted by molar-refractivity contribution is 5.69. The van der Waals surface area contributed by atoms with Crippen LogP contribution in [0.2, 0.25) is 0 Å². The molecule has 0 rings (SSSR count). The number of hydrogen-bond donors (Lipinski definition) is 0. The summed E-state index contributed by atoms with van der Waals surface area (Å²) in [4.78, 5) is 11.6. The second kappa shape index (κ2) is 28.2. The van der Waals surface area contributed by atoms with Crippen LogP contribution in [0.3, 0.4) is 0 Å². The van der Waals surface area contributed by atoms with E-state index in [1.807, 2.05) is 0 Å². The molecular weight excluding hydrogens is 423 g/mol. The van der Waals surface area contributed by atoms with Crippen molar-refractivity contribution in [2.45, 2.75) is 51.9 Å². The number of carbonyl (C=O) groups excluding carboxylic acids is 1. The van der Waals surface area contributed by atoms with Gasteiger partial charge in [0.05, 0.1) is 79.3 Å².